The molecule has 0 aliphatic carbocycles. The molecule has 1 saturated heterocycles. The summed E-state index contributed by atoms with van der Waals surface area (Å²) in [7, 11) is -1.29. The summed E-state index contributed by atoms with van der Waals surface area (Å²) in [5, 5.41) is 2.85. The number of aryl methyl sites for hydroxylation is 1. The Morgan fingerprint density at radius 3 is 2.67 bits per heavy atom. The summed E-state index contributed by atoms with van der Waals surface area (Å²) in [6.45, 7) is 0.595. The summed E-state index contributed by atoms with van der Waals surface area (Å²) >= 11 is 0. The number of carbonyl (C=O) groups excluding carboxylic acids is 1. The molecule has 6 heteroatoms. The number of rotatable bonds is 5. The van der Waals surface area contributed by atoms with E-state index in [9.17, 15) is 13.2 Å². The minimum absolute atomic E-state index is 0.0843. The Morgan fingerprint density at radius 2 is 2.05 bits per heavy atom. The van der Waals surface area contributed by atoms with Crippen LogP contribution in [0.25, 0.3) is 0 Å². The van der Waals surface area contributed by atoms with Crippen LogP contribution >= 0.6 is 0 Å². The third-order valence-electron chi connectivity index (χ3n) is 3.84. The van der Waals surface area contributed by atoms with Gasteiger partial charge in [0.25, 0.3) is 0 Å². The highest BCUT2D eigenvalue weighted by Crippen LogP contribution is 2.16. The minimum Gasteiger partial charge on any atom is -0.338 e. The van der Waals surface area contributed by atoms with E-state index in [0.717, 1.165) is 12.8 Å². The maximum absolute atomic E-state index is 12.0. The fraction of sp³-hybridized carbons (Fsp3) is 0.533. The molecule has 1 atom stereocenters. The van der Waals surface area contributed by atoms with Gasteiger partial charge in [-0.25, -0.2) is 13.2 Å². The van der Waals surface area contributed by atoms with Gasteiger partial charge in [-0.3, -0.25) is 0 Å². The highest BCUT2D eigenvalue weighted by molar-refractivity contribution is 7.91. The lowest BCUT2D eigenvalue weighted by Crippen LogP contribution is -2.44. The molecule has 0 saturated carbocycles. The molecule has 1 aromatic rings. The zero-order valence-electron chi connectivity index (χ0n) is 12.3. The molecule has 1 heterocycles. The van der Waals surface area contributed by atoms with E-state index in [4.69, 9.17) is 0 Å². The summed E-state index contributed by atoms with van der Waals surface area (Å²) in [5.74, 6) is 0.268. The molecule has 1 aliphatic rings. The molecule has 116 valence electrons. The molecule has 5 nitrogen and oxygen atoms in total. The summed E-state index contributed by atoms with van der Waals surface area (Å²) in [6.07, 6.45) is 2.32. The van der Waals surface area contributed by atoms with E-state index in [0.29, 0.717) is 13.0 Å². The van der Waals surface area contributed by atoms with E-state index in [1.165, 1.54) is 10.5 Å². The smallest absolute Gasteiger partial charge is 0.317 e. The van der Waals surface area contributed by atoms with Crippen molar-refractivity contribution >= 4 is 15.9 Å². The molecule has 1 fully saturated rings. The van der Waals surface area contributed by atoms with Crippen LogP contribution in [0.3, 0.4) is 0 Å². The van der Waals surface area contributed by atoms with Gasteiger partial charge in [0.05, 0.1) is 11.5 Å². The average molecular weight is 310 g/mol. The largest absolute Gasteiger partial charge is 0.338 e. The number of benzene rings is 1. The van der Waals surface area contributed by atoms with Crippen LogP contribution < -0.4 is 5.32 Å². The van der Waals surface area contributed by atoms with Crippen LogP contribution in [-0.2, 0) is 16.3 Å². The van der Waals surface area contributed by atoms with Gasteiger partial charge < -0.3 is 10.2 Å². The van der Waals surface area contributed by atoms with E-state index < -0.39 is 9.84 Å². The first kappa shape index (κ1) is 15.8. The predicted molar refractivity (Wildman–Crippen MR) is 83.0 cm³/mol. The lowest BCUT2D eigenvalue weighted by Gasteiger charge is -2.23. The molecule has 0 aromatic heterocycles. The van der Waals surface area contributed by atoms with Gasteiger partial charge in [-0.05, 0) is 24.8 Å². The van der Waals surface area contributed by atoms with Gasteiger partial charge in [-0.1, -0.05) is 30.3 Å². The first-order valence-electron chi connectivity index (χ1n) is 7.23. The standard InChI is InChI=1S/C15H22N2O3S/c1-17(14-9-11-21(19,20)12-14)15(18)16-10-5-8-13-6-3-2-4-7-13/h2-4,6-7,14H,5,8-12H2,1H3,(H,16,18). The van der Waals surface area contributed by atoms with Gasteiger partial charge in [0.2, 0.25) is 0 Å². The van der Waals surface area contributed by atoms with E-state index in [1.807, 2.05) is 18.2 Å². The number of amides is 2. The maximum atomic E-state index is 12.0. The van der Waals surface area contributed by atoms with Gasteiger partial charge in [0.15, 0.2) is 9.84 Å². The van der Waals surface area contributed by atoms with Crippen LogP contribution in [0.15, 0.2) is 30.3 Å². The summed E-state index contributed by atoms with van der Waals surface area (Å²) in [4.78, 5) is 13.5. The molecule has 2 rings (SSSR count). The Kier molecular flexibility index (Phi) is 5.22. The van der Waals surface area contributed by atoms with Crippen molar-refractivity contribution in [1.82, 2.24) is 10.2 Å². The number of hydrogen-bond donors (Lipinski definition) is 1. The number of nitrogens with zero attached hydrogens (tertiary/aromatic N) is 1. The van der Waals surface area contributed by atoms with Crippen LogP contribution in [0.2, 0.25) is 0 Å². The van der Waals surface area contributed by atoms with Crippen LogP contribution in [0.1, 0.15) is 18.4 Å². The van der Waals surface area contributed by atoms with E-state index in [1.54, 1.807) is 7.05 Å². The SMILES string of the molecule is CN(C(=O)NCCCc1ccccc1)C1CCS(=O)(=O)C1. The van der Waals surface area contributed by atoms with Gasteiger partial charge in [0.1, 0.15) is 0 Å². The number of carbonyl (C=O) groups is 1. The van der Waals surface area contributed by atoms with Gasteiger partial charge >= 0.3 is 6.03 Å². The highest BCUT2D eigenvalue weighted by atomic mass is 32.2. The Hall–Kier alpha value is -1.56. The molecule has 0 bridgehead atoms. The Bertz CT molecular complexity index is 572. The quantitative estimate of drug-likeness (QED) is 0.837. The third-order valence-corrected chi connectivity index (χ3v) is 5.59. The van der Waals surface area contributed by atoms with E-state index in [-0.39, 0.29) is 23.6 Å². The van der Waals surface area contributed by atoms with Crippen molar-refractivity contribution in [3.8, 4) is 0 Å². The van der Waals surface area contributed by atoms with E-state index >= 15 is 0 Å². The molecule has 1 N–H and O–H groups in total. The molecule has 2 amide bonds. The van der Waals surface area contributed by atoms with E-state index in [2.05, 4.69) is 17.4 Å². The second-order valence-electron chi connectivity index (χ2n) is 5.49. The topological polar surface area (TPSA) is 66.5 Å². The normalized spacial score (nSPS) is 20.1. The van der Waals surface area contributed by atoms with Crippen LogP contribution in [0, 0.1) is 0 Å². The molecule has 1 unspecified atom stereocenters. The Labute approximate surface area is 126 Å². The van der Waals surface area contributed by atoms with Crippen molar-refractivity contribution in [3.05, 3.63) is 35.9 Å². The maximum Gasteiger partial charge on any atom is 0.317 e. The predicted octanol–water partition coefficient (Wildman–Crippen LogP) is 1.45. The van der Waals surface area contributed by atoms with Crippen LogP contribution in [0.5, 0.6) is 0 Å². The zero-order valence-corrected chi connectivity index (χ0v) is 13.1. The fourth-order valence-electron chi connectivity index (χ4n) is 2.50. The Balaban J connectivity index is 1.70. The van der Waals surface area contributed by atoms with Gasteiger partial charge in [-0.2, -0.15) is 0 Å². The number of sulfone groups is 1. The highest BCUT2D eigenvalue weighted by Gasteiger charge is 2.32. The molecule has 1 aromatic carbocycles. The summed E-state index contributed by atoms with van der Waals surface area (Å²) in [6, 6.07) is 9.74. The lowest BCUT2D eigenvalue weighted by molar-refractivity contribution is 0.195. The van der Waals surface area contributed by atoms with Crippen molar-refractivity contribution in [1.29, 1.82) is 0 Å². The monoisotopic (exact) mass is 310 g/mol. The van der Waals surface area contributed by atoms with Crippen molar-refractivity contribution < 1.29 is 13.2 Å². The first-order chi connectivity index (χ1) is 9.98. The van der Waals surface area contributed by atoms with Gasteiger partial charge in [-0.15, -0.1) is 0 Å². The first-order valence-corrected chi connectivity index (χ1v) is 9.05. The molecule has 1 aliphatic heterocycles. The van der Waals surface area contributed by atoms with Crippen molar-refractivity contribution in [2.45, 2.75) is 25.3 Å². The Morgan fingerprint density at radius 1 is 1.33 bits per heavy atom. The van der Waals surface area contributed by atoms with Gasteiger partial charge in [0, 0.05) is 19.6 Å². The lowest BCUT2D eigenvalue weighted by atomic mass is 10.1. The van der Waals surface area contributed by atoms with Crippen LogP contribution in [-0.4, -0.2) is 50.5 Å². The summed E-state index contributed by atoms with van der Waals surface area (Å²) < 4.78 is 22.9. The van der Waals surface area contributed by atoms with Crippen LogP contribution in [0.4, 0.5) is 4.79 Å². The molecule has 0 radical (unpaired) electrons. The zero-order chi connectivity index (χ0) is 15.3. The number of nitrogens with one attached hydrogen (secondary N) is 1. The van der Waals surface area contributed by atoms with Crippen molar-refractivity contribution in [2.75, 3.05) is 25.1 Å². The molecular formula is C15H22N2O3S. The number of urea groups is 1. The molecule has 0 spiro atoms. The fourth-order valence-corrected chi connectivity index (χ4v) is 4.28. The second-order valence-corrected chi connectivity index (χ2v) is 7.72. The van der Waals surface area contributed by atoms with Crippen molar-refractivity contribution in [2.24, 2.45) is 0 Å². The minimum atomic E-state index is -2.96. The molecule has 21 heavy (non-hydrogen) atoms. The molecular weight excluding hydrogens is 288 g/mol. The summed E-state index contributed by atoms with van der Waals surface area (Å²) in [5.41, 5.74) is 1.25. The average Bonchev–Trinajstić information content (AvgIpc) is 2.84. The number of hydrogen-bond acceptors (Lipinski definition) is 3. The van der Waals surface area contributed by atoms with Crippen molar-refractivity contribution in [3.63, 3.8) is 0 Å². The second kappa shape index (κ2) is 6.93. The third kappa shape index (κ3) is 4.74.